The second-order valence-electron chi connectivity index (χ2n) is 7.27. The van der Waals surface area contributed by atoms with Gasteiger partial charge in [0.2, 0.25) is 0 Å². The number of rotatable bonds is 10. The van der Waals surface area contributed by atoms with Gasteiger partial charge < -0.3 is 30.2 Å². The van der Waals surface area contributed by atoms with E-state index in [4.69, 9.17) is 9.15 Å². The van der Waals surface area contributed by atoms with E-state index in [0.29, 0.717) is 25.7 Å². The van der Waals surface area contributed by atoms with Crippen LogP contribution in [-0.4, -0.2) is 44.4 Å². The summed E-state index contributed by atoms with van der Waals surface area (Å²) in [4.78, 5) is 4.63. The molecule has 0 aliphatic heterocycles. The molecule has 2 rings (SSSR count). The number of aliphatic imine (C=N–C) groups is 1. The standard InChI is InChI=1S/C22H34N4O3.HI/c1-6-23-21(26-15-22(4,27)20-13-16(2)29-17(20)3)25-14-18-7-9-19(10-8-18)24-11-12-28-5;/h7-10,13,24,27H,6,11-12,14-15H2,1-5H3,(H2,23,25,26);1H. The quantitative estimate of drug-likeness (QED) is 0.163. The number of aliphatic hydroxyl groups is 1. The Kier molecular flexibility index (Phi) is 11.2. The molecule has 168 valence electrons. The summed E-state index contributed by atoms with van der Waals surface area (Å²) in [6.45, 7) is 10.6. The number of aryl methyl sites for hydroxylation is 2. The molecule has 4 N–H and O–H groups in total. The predicted molar refractivity (Wildman–Crippen MR) is 133 cm³/mol. The molecule has 0 bridgehead atoms. The number of halogens is 1. The highest BCUT2D eigenvalue weighted by Crippen LogP contribution is 2.26. The average Bonchev–Trinajstić information content (AvgIpc) is 3.04. The third-order valence-electron chi connectivity index (χ3n) is 4.57. The molecule has 1 aromatic carbocycles. The number of nitrogens with one attached hydrogen (secondary N) is 3. The van der Waals surface area contributed by atoms with Crippen molar-refractivity contribution in [1.29, 1.82) is 0 Å². The van der Waals surface area contributed by atoms with E-state index in [9.17, 15) is 5.11 Å². The molecule has 0 saturated carbocycles. The Hall–Kier alpha value is -1.78. The van der Waals surface area contributed by atoms with Gasteiger partial charge in [-0.1, -0.05) is 12.1 Å². The molecule has 1 heterocycles. The molecule has 1 unspecified atom stereocenters. The molecule has 8 heteroatoms. The Morgan fingerprint density at radius 1 is 1.20 bits per heavy atom. The molecule has 0 amide bonds. The molecule has 0 spiro atoms. The molecule has 30 heavy (non-hydrogen) atoms. The Morgan fingerprint density at radius 3 is 2.47 bits per heavy atom. The summed E-state index contributed by atoms with van der Waals surface area (Å²) in [6, 6.07) is 10.1. The van der Waals surface area contributed by atoms with Gasteiger partial charge in [0.05, 0.1) is 19.7 Å². The average molecular weight is 530 g/mol. The van der Waals surface area contributed by atoms with Gasteiger partial charge in [-0.3, -0.25) is 0 Å². The topological polar surface area (TPSA) is 91.1 Å². The zero-order valence-corrected chi connectivity index (χ0v) is 20.9. The van der Waals surface area contributed by atoms with Crippen LogP contribution in [0.3, 0.4) is 0 Å². The van der Waals surface area contributed by atoms with Crippen molar-refractivity contribution in [1.82, 2.24) is 10.6 Å². The van der Waals surface area contributed by atoms with Gasteiger partial charge in [-0.25, -0.2) is 4.99 Å². The van der Waals surface area contributed by atoms with Gasteiger partial charge in [0.25, 0.3) is 0 Å². The summed E-state index contributed by atoms with van der Waals surface area (Å²) in [6.07, 6.45) is 0. The van der Waals surface area contributed by atoms with Crippen LogP contribution in [-0.2, 0) is 16.9 Å². The summed E-state index contributed by atoms with van der Waals surface area (Å²) in [5, 5.41) is 20.6. The number of hydrogen-bond acceptors (Lipinski definition) is 5. The lowest BCUT2D eigenvalue weighted by Crippen LogP contribution is -2.44. The first-order valence-electron chi connectivity index (χ1n) is 9.99. The van der Waals surface area contributed by atoms with Gasteiger partial charge in [0, 0.05) is 31.5 Å². The highest BCUT2D eigenvalue weighted by molar-refractivity contribution is 14.0. The van der Waals surface area contributed by atoms with E-state index in [1.54, 1.807) is 14.0 Å². The Bertz CT molecular complexity index is 788. The molecule has 0 aliphatic rings. The predicted octanol–water partition coefficient (Wildman–Crippen LogP) is 3.54. The van der Waals surface area contributed by atoms with Crippen LogP contribution >= 0.6 is 24.0 Å². The minimum absolute atomic E-state index is 0. The molecule has 0 saturated heterocycles. The van der Waals surface area contributed by atoms with E-state index >= 15 is 0 Å². The van der Waals surface area contributed by atoms with Crippen molar-refractivity contribution >= 4 is 35.6 Å². The van der Waals surface area contributed by atoms with Gasteiger partial charge in [-0.15, -0.1) is 24.0 Å². The highest BCUT2D eigenvalue weighted by Gasteiger charge is 2.27. The Labute approximate surface area is 196 Å². The Morgan fingerprint density at radius 2 is 1.90 bits per heavy atom. The van der Waals surface area contributed by atoms with Gasteiger partial charge >= 0.3 is 0 Å². The summed E-state index contributed by atoms with van der Waals surface area (Å²) >= 11 is 0. The summed E-state index contributed by atoms with van der Waals surface area (Å²) < 4.78 is 10.6. The third-order valence-corrected chi connectivity index (χ3v) is 4.57. The molecule has 0 radical (unpaired) electrons. The first-order valence-corrected chi connectivity index (χ1v) is 9.99. The second-order valence-corrected chi connectivity index (χ2v) is 7.27. The molecular weight excluding hydrogens is 495 g/mol. The normalized spacial score (nSPS) is 13.3. The van der Waals surface area contributed by atoms with Crippen LogP contribution in [0, 0.1) is 13.8 Å². The lowest BCUT2D eigenvalue weighted by molar-refractivity contribution is 0.0601. The summed E-state index contributed by atoms with van der Waals surface area (Å²) in [7, 11) is 1.69. The highest BCUT2D eigenvalue weighted by atomic mass is 127. The van der Waals surface area contributed by atoms with E-state index in [1.165, 1.54) is 0 Å². The number of guanidine groups is 1. The first-order chi connectivity index (χ1) is 13.9. The number of ether oxygens (including phenoxy) is 1. The van der Waals surface area contributed by atoms with E-state index in [-0.39, 0.29) is 24.0 Å². The molecule has 0 fully saturated rings. The van der Waals surface area contributed by atoms with E-state index in [1.807, 2.05) is 39.0 Å². The lowest BCUT2D eigenvalue weighted by atomic mass is 9.96. The summed E-state index contributed by atoms with van der Waals surface area (Å²) in [5.41, 5.74) is 1.89. The number of anilines is 1. The molecular formula is C22H35IN4O3. The number of furan rings is 1. The molecule has 7 nitrogen and oxygen atoms in total. The van der Waals surface area contributed by atoms with Crippen LogP contribution in [0.4, 0.5) is 5.69 Å². The van der Waals surface area contributed by atoms with Crippen LogP contribution in [0.1, 0.15) is 36.5 Å². The van der Waals surface area contributed by atoms with Crippen molar-refractivity contribution in [2.75, 3.05) is 38.7 Å². The lowest BCUT2D eigenvalue weighted by Gasteiger charge is -2.24. The van der Waals surface area contributed by atoms with Gasteiger partial charge in [0.15, 0.2) is 5.96 Å². The van der Waals surface area contributed by atoms with E-state index in [0.717, 1.165) is 41.4 Å². The minimum Gasteiger partial charge on any atom is -0.466 e. The number of hydrogen-bond donors (Lipinski definition) is 4. The zero-order chi connectivity index (χ0) is 21.3. The molecule has 2 aromatic rings. The van der Waals surface area contributed by atoms with E-state index < -0.39 is 5.60 Å². The Balaban J connectivity index is 0.00000450. The maximum absolute atomic E-state index is 10.9. The largest absolute Gasteiger partial charge is 0.466 e. The van der Waals surface area contributed by atoms with Crippen LogP contribution in [0.5, 0.6) is 0 Å². The molecule has 0 aliphatic carbocycles. The first kappa shape index (κ1) is 26.3. The molecule has 1 aromatic heterocycles. The van der Waals surface area contributed by atoms with E-state index in [2.05, 4.69) is 33.1 Å². The number of methoxy groups -OCH3 is 1. The fourth-order valence-corrected chi connectivity index (χ4v) is 3.05. The van der Waals surface area contributed by atoms with Crippen molar-refractivity contribution < 1.29 is 14.3 Å². The van der Waals surface area contributed by atoms with Crippen molar-refractivity contribution in [3.05, 3.63) is 53.0 Å². The maximum Gasteiger partial charge on any atom is 0.191 e. The minimum atomic E-state index is -1.06. The number of nitrogens with zero attached hydrogens (tertiary/aromatic N) is 1. The summed E-state index contributed by atoms with van der Waals surface area (Å²) in [5.74, 6) is 2.18. The van der Waals surface area contributed by atoms with Crippen LogP contribution in [0.2, 0.25) is 0 Å². The fraction of sp³-hybridized carbons (Fsp3) is 0.500. The fourth-order valence-electron chi connectivity index (χ4n) is 3.05. The van der Waals surface area contributed by atoms with Crippen molar-refractivity contribution in [3.63, 3.8) is 0 Å². The van der Waals surface area contributed by atoms with Gasteiger partial charge in [-0.05, 0) is 51.5 Å². The van der Waals surface area contributed by atoms with Gasteiger partial charge in [-0.2, -0.15) is 0 Å². The SMILES string of the molecule is CCNC(=NCc1ccc(NCCOC)cc1)NCC(C)(O)c1cc(C)oc1C.I. The van der Waals surface area contributed by atoms with Crippen molar-refractivity contribution in [2.45, 2.75) is 39.8 Å². The van der Waals surface area contributed by atoms with Crippen LogP contribution in [0.15, 0.2) is 39.7 Å². The van der Waals surface area contributed by atoms with Gasteiger partial charge in [0.1, 0.15) is 17.1 Å². The monoisotopic (exact) mass is 530 g/mol. The van der Waals surface area contributed by atoms with Crippen molar-refractivity contribution in [2.24, 2.45) is 4.99 Å². The molecule has 1 atom stereocenters. The van der Waals surface area contributed by atoms with Crippen LogP contribution < -0.4 is 16.0 Å². The third kappa shape index (κ3) is 8.16. The maximum atomic E-state index is 10.9. The smallest absolute Gasteiger partial charge is 0.191 e. The zero-order valence-electron chi connectivity index (χ0n) is 18.5. The second kappa shape index (κ2) is 12.8. The number of benzene rings is 1. The van der Waals surface area contributed by atoms with Crippen LogP contribution in [0.25, 0.3) is 0 Å². The van der Waals surface area contributed by atoms with Crippen molar-refractivity contribution in [3.8, 4) is 0 Å².